The van der Waals surface area contributed by atoms with Gasteiger partial charge in [0.25, 0.3) is 0 Å². The molecule has 0 spiro atoms. The molecule has 176 valence electrons. The second-order valence-corrected chi connectivity index (χ2v) is 10.4. The smallest absolute Gasteiger partial charge is 0.408 e. The van der Waals surface area contributed by atoms with Crippen LogP contribution in [0.25, 0.3) is 11.1 Å². The Morgan fingerprint density at radius 3 is 2.58 bits per heavy atom. The van der Waals surface area contributed by atoms with Gasteiger partial charge in [-0.25, -0.2) is 13.2 Å². The normalized spacial score (nSPS) is 15.7. The van der Waals surface area contributed by atoms with Crippen LogP contribution < -0.4 is 11.1 Å². The van der Waals surface area contributed by atoms with E-state index in [-0.39, 0.29) is 22.3 Å². The number of rotatable bonds is 7. The van der Waals surface area contributed by atoms with Crippen molar-refractivity contribution in [3.05, 3.63) is 64.1 Å². The minimum atomic E-state index is -3.71. The number of carbonyl (C=O) groups excluding carboxylic acids is 1. The van der Waals surface area contributed by atoms with Gasteiger partial charge in [-0.2, -0.15) is 4.31 Å². The maximum absolute atomic E-state index is 13.1. The SMILES string of the molecule is CCn1c(=O)oc2cc(S(=O)(=O)N3CCC(CC(=O)NCc4ccccc4C)CC3)ccc21. The van der Waals surface area contributed by atoms with Crippen LogP contribution in [-0.4, -0.2) is 36.3 Å². The molecular formula is C24H29N3O5S. The van der Waals surface area contributed by atoms with Gasteiger partial charge >= 0.3 is 5.76 Å². The fourth-order valence-corrected chi connectivity index (χ4v) is 5.83. The lowest BCUT2D eigenvalue weighted by molar-refractivity contribution is -0.122. The summed E-state index contributed by atoms with van der Waals surface area (Å²) in [5.74, 6) is -0.364. The van der Waals surface area contributed by atoms with Crippen molar-refractivity contribution >= 4 is 27.0 Å². The summed E-state index contributed by atoms with van der Waals surface area (Å²) in [5, 5.41) is 2.97. The van der Waals surface area contributed by atoms with Crippen molar-refractivity contribution in [2.24, 2.45) is 5.92 Å². The molecule has 1 aromatic heterocycles. The van der Waals surface area contributed by atoms with Crippen molar-refractivity contribution in [1.82, 2.24) is 14.2 Å². The summed E-state index contributed by atoms with van der Waals surface area (Å²) in [6.45, 7) is 5.50. The zero-order valence-corrected chi connectivity index (χ0v) is 19.7. The first kappa shape index (κ1) is 23.3. The Morgan fingerprint density at radius 2 is 1.88 bits per heavy atom. The van der Waals surface area contributed by atoms with E-state index in [1.54, 1.807) is 6.07 Å². The molecule has 1 N–H and O–H groups in total. The summed E-state index contributed by atoms with van der Waals surface area (Å²) < 4.78 is 34.4. The van der Waals surface area contributed by atoms with E-state index in [9.17, 15) is 18.0 Å². The molecular weight excluding hydrogens is 442 g/mol. The Hall–Kier alpha value is -2.91. The van der Waals surface area contributed by atoms with E-state index in [0.29, 0.717) is 51.0 Å². The number of aryl methyl sites for hydroxylation is 2. The number of aromatic nitrogens is 1. The number of amides is 1. The van der Waals surface area contributed by atoms with Gasteiger partial charge in [0.2, 0.25) is 15.9 Å². The summed E-state index contributed by atoms with van der Waals surface area (Å²) >= 11 is 0. The van der Waals surface area contributed by atoms with Crippen molar-refractivity contribution in [2.75, 3.05) is 13.1 Å². The van der Waals surface area contributed by atoms with E-state index in [4.69, 9.17) is 4.42 Å². The molecule has 0 aliphatic carbocycles. The molecule has 1 saturated heterocycles. The van der Waals surface area contributed by atoms with Gasteiger partial charge in [-0.05, 0) is 55.9 Å². The monoisotopic (exact) mass is 471 g/mol. The van der Waals surface area contributed by atoms with Crippen molar-refractivity contribution in [1.29, 1.82) is 0 Å². The van der Waals surface area contributed by atoms with Gasteiger partial charge in [0, 0.05) is 38.7 Å². The molecule has 9 heteroatoms. The van der Waals surface area contributed by atoms with Gasteiger partial charge in [-0.1, -0.05) is 24.3 Å². The molecule has 4 rings (SSSR count). The van der Waals surface area contributed by atoms with E-state index in [1.165, 1.54) is 21.0 Å². The summed E-state index contributed by atoms with van der Waals surface area (Å²) in [6.07, 6.45) is 1.64. The second kappa shape index (κ2) is 9.52. The largest absolute Gasteiger partial charge is 0.419 e. The lowest BCUT2D eigenvalue weighted by Crippen LogP contribution is -2.39. The van der Waals surface area contributed by atoms with Crippen molar-refractivity contribution in [3.63, 3.8) is 0 Å². The van der Waals surface area contributed by atoms with Crippen LogP contribution in [0.3, 0.4) is 0 Å². The summed E-state index contributed by atoms with van der Waals surface area (Å²) in [5.41, 5.74) is 3.08. The number of piperidine rings is 1. The van der Waals surface area contributed by atoms with E-state index in [0.717, 1.165) is 11.1 Å². The number of benzene rings is 2. The number of carbonyl (C=O) groups is 1. The predicted octanol–water partition coefficient (Wildman–Crippen LogP) is 3.03. The van der Waals surface area contributed by atoms with Crippen LogP contribution in [0.2, 0.25) is 0 Å². The first-order chi connectivity index (χ1) is 15.8. The van der Waals surface area contributed by atoms with Gasteiger partial charge in [0.15, 0.2) is 5.58 Å². The maximum Gasteiger partial charge on any atom is 0.419 e. The molecule has 8 nitrogen and oxygen atoms in total. The molecule has 2 heterocycles. The highest BCUT2D eigenvalue weighted by Crippen LogP contribution is 2.27. The van der Waals surface area contributed by atoms with Crippen molar-refractivity contribution in [3.8, 4) is 0 Å². The Morgan fingerprint density at radius 1 is 1.15 bits per heavy atom. The van der Waals surface area contributed by atoms with Crippen molar-refractivity contribution in [2.45, 2.75) is 51.1 Å². The van der Waals surface area contributed by atoms with Crippen LogP contribution in [0.4, 0.5) is 0 Å². The lowest BCUT2D eigenvalue weighted by Gasteiger charge is -2.31. The third-order valence-electron chi connectivity index (χ3n) is 6.38. The molecule has 0 saturated carbocycles. The highest BCUT2D eigenvalue weighted by molar-refractivity contribution is 7.89. The third-order valence-corrected chi connectivity index (χ3v) is 8.27. The fraction of sp³-hybridized carbons (Fsp3) is 0.417. The van der Waals surface area contributed by atoms with Gasteiger partial charge in [-0.3, -0.25) is 9.36 Å². The average molecular weight is 472 g/mol. The minimum Gasteiger partial charge on any atom is -0.408 e. The van der Waals surface area contributed by atoms with Gasteiger partial charge in [0.1, 0.15) is 0 Å². The predicted molar refractivity (Wildman–Crippen MR) is 125 cm³/mol. The molecule has 0 radical (unpaired) electrons. The second-order valence-electron chi connectivity index (χ2n) is 8.50. The molecule has 0 unspecified atom stereocenters. The average Bonchev–Trinajstić information content (AvgIpc) is 3.13. The van der Waals surface area contributed by atoms with Crippen LogP contribution in [0.15, 0.2) is 56.6 Å². The van der Waals surface area contributed by atoms with Gasteiger partial charge in [-0.15, -0.1) is 0 Å². The highest BCUT2D eigenvalue weighted by atomic mass is 32.2. The Labute approximate surface area is 193 Å². The van der Waals surface area contributed by atoms with Crippen LogP contribution in [0.5, 0.6) is 0 Å². The summed E-state index contributed by atoms with van der Waals surface area (Å²) in [7, 11) is -3.71. The maximum atomic E-state index is 13.1. The van der Waals surface area contributed by atoms with E-state index in [2.05, 4.69) is 5.32 Å². The number of sulfonamides is 1. The quantitative estimate of drug-likeness (QED) is 0.571. The Balaban J connectivity index is 1.35. The highest BCUT2D eigenvalue weighted by Gasteiger charge is 2.30. The van der Waals surface area contributed by atoms with Crippen LogP contribution in [-0.2, 0) is 27.9 Å². The first-order valence-electron chi connectivity index (χ1n) is 11.2. The number of hydrogen-bond acceptors (Lipinski definition) is 5. The molecule has 0 bridgehead atoms. The van der Waals surface area contributed by atoms with Crippen LogP contribution in [0, 0.1) is 12.8 Å². The molecule has 33 heavy (non-hydrogen) atoms. The zero-order chi connectivity index (χ0) is 23.6. The number of nitrogens with zero attached hydrogens (tertiary/aromatic N) is 2. The fourth-order valence-electron chi connectivity index (χ4n) is 4.35. The number of nitrogens with one attached hydrogen (secondary N) is 1. The Kier molecular flexibility index (Phi) is 6.71. The topological polar surface area (TPSA) is 102 Å². The molecule has 1 aliphatic rings. The number of fused-ring (bicyclic) bond motifs is 1. The molecule has 0 atom stereocenters. The summed E-state index contributed by atoms with van der Waals surface area (Å²) in [6, 6.07) is 12.5. The van der Waals surface area contributed by atoms with Gasteiger partial charge in [0.05, 0.1) is 10.4 Å². The van der Waals surface area contributed by atoms with Crippen molar-refractivity contribution < 1.29 is 17.6 Å². The van der Waals surface area contributed by atoms with Gasteiger partial charge < -0.3 is 9.73 Å². The molecule has 1 aliphatic heterocycles. The first-order valence-corrected chi connectivity index (χ1v) is 12.7. The van der Waals surface area contributed by atoms with E-state index < -0.39 is 15.8 Å². The number of oxazole rings is 1. The third kappa shape index (κ3) is 4.89. The Bertz CT molecular complexity index is 1320. The zero-order valence-electron chi connectivity index (χ0n) is 18.9. The number of hydrogen-bond donors (Lipinski definition) is 1. The van der Waals surface area contributed by atoms with Crippen LogP contribution in [0.1, 0.15) is 37.3 Å². The van der Waals surface area contributed by atoms with E-state index in [1.807, 2.05) is 38.1 Å². The lowest BCUT2D eigenvalue weighted by atomic mass is 9.94. The molecule has 1 fully saturated rings. The standard InChI is InChI=1S/C24H29N3O5S/c1-3-27-21-9-8-20(15-22(21)32-24(27)29)33(30,31)26-12-10-18(11-13-26)14-23(28)25-16-19-7-5-4-6-17(19)2/h4-9,15,18H,3,10-14,16H2,1-2H3,(H,25,28). The van der Waals surface area contributed by atoms with E-state index >= 15 is 0 Å². The summed E-state index contributed by atoms with van der Waals surface area (Å²) in [4.78, 5) is 24.4. The molecule has 2 aromatic carbocycles. The molecule has 1 amide bonds. The van der Waals surface area contributed by atoms with Crippen LogP contribution >= 0.6 is 0 Å². The molecule has 3 aromatic rings. The minimum absolute atomic E-state index is 0.0134.